The lowest BCUT2D eigenvalue weighted by Crippen LogP contribution is -2.32. The molecule has 2 heterocycles. The summed E-state index contributed by atoms with van der Waals surface area (Å²) >= 11 is 0. The average molecular weight is 604 g/mol. The minimum absolute atomic E-state index is 0.0376. The molecular weight excluding hydrogens is 568 g/mol. The summed E-state index contributed by atoms with van der Waals surface area (Å²) in [5.41, 5.74) is 2.75. The molecule has 2 fully saturated rings. The van der Waals surface area contributed by atoms with E-state index in [0.717, 1.165) is 72.5 Å². The Hall–Kier alpha value is -3.17. The molecule has 2 aliphatic heterocycles. The van der Waals surface area contributed by atoms with Crippen LogP contribution in [0.5, 0.6) is 0 Å². The average Bonchev–Trinajstić information content (AvgIpc) is 3.81. The fraction of sp³-hybridized carbons (Fsp3) is 0.441. The molecule has 0 radical (unpaired) electrons. The molecule has 3 aromatic rings. The van der Waals surface area contributed by atoms with Gasteiger partial charge in [0.15, 0.2) is 5.78 Å². The second kappa shape index (κ2) is 12.4. The molecular formula is C34H35F6NO2. The molecule has 0 aliphatic carbocycles. The molecule has 43 heavy (non-hydrogen) atoms. The number of halogens is 6. The van der Waals surface area contributed by atoms with Gasteiger partial charge < -0.3 is 4.74 Å². The number of Topliss-reactive ketones (excluding diaryl/α,β-unsaturated/α-hetero) is 1. The molecule has 3 aromatic carbocycles. The normalized spacial score (nSPS) is 19.0. The van der Waals surface area contributed by atoms with Crippen molar-refractivity contribution in [1.29, 1.82) is 0 Å². The Morgan fingerprint density at radius 3 is 1.91 bits per heavy atom. The van der Waals surface area contributed by atoms with Gasteiger partial charge in [-0.25, -0.2) is 0 Å². The van der Waals surface area contributed by atoms with Crippen LogP contribution in [0.2, 0.25) is 0 Å². The number of ketones is 1. The van der Waals surface area contributed by atoms with Gasteiger partial charge in [0, 0.05) is 12.5 Å². The molecule has 3 nitrogen and oxygen atoms in total. The van der Waals surface area contributed by atoms with E-state index in [4.69, 9.17) is 4.74 Å². The molecule has 0 aromatic heterocycles. The van der Waals surface area contributed by atoms with Gasteiger partial charge in [0.05, 0.1) is 17.7 Å². The second-order valence-corrected chi connectivity index (χ2v) is 12.1. The van der Waals surface area contributed by atoms with Crippen molar-refractivity contribution in [3.63, 3.8) is 0 Å². The van der Waals surface area contributed by atoms with Gasteiger partial charge in [-0.05, 0) is 96.3 Å². The molecule has 0 saturated carbocycles. The van der Waals surface area contributed by atoms with E-state index in [1.165, 1.54) is 24.3 Å². The summed E-state index contributed by atoms with van der Waals surface area (Å²) in [5, 5.41) is 0. The van der Waals surface area contributed by atoms with Gasteiger partial charge in [-0.2, -0.15) is 26.3 Å². The summed E-state index contributed by atoms with van der Waals surface area (Å²) in [6.45, 7) is 6.57. The number of piperidine rings is 1. The molecule has 2 atom stereocenters. The summed E-state index contributed by atoms with van der Waals surface area (Å²) in [5.74, 6) is 0.0827. The lowest BCUT2D eigenvalue weighted by molar-refractivity contribution is -0.138. The largest absolute Gasteiger partial charge is 0.416 e. The number of epoxide rings is 1. The van der Waals surface area contributed by atoms with Crippen LogP contribution in [0.15, 0.2) is 66.7 Å². The number of carbonyl (C=O) groups is 1. The Morgan fingerprint density at radius 1 is 0.837 bits per heavy atom. The van der Waals surface area contributed by atoms with Crippen LogP contribution in [0.4, 0.5) is 26.3 Å². The SMILES string of the molecule is CC(C)CC(C(=O)C1CO1)c1cc(-c2ccc(C(F)(F)F)cc2)cc(C2CCN(Cc3ccc(C(F)(F)F)cc3)CC2)c1. The molecule has 2 unspecified atom stereocenters. The number of likely N-dealkylation sites (tertiary alicyclic amines) is 1. The third kappa shape index (κ3) is 7.87. The van der Waals surface area contributed by atoms with Gasteiger partial charge in [-0.1, -0.05) is 56.3 Å². The molecule has 9 heteroatoms. The summed E-state index contributed by atoms with van der Waals surface area (Å²) < 4.78 is 83.8. The van der Waals surface area contributed by atoms with Crippen LogP contribution in [-0.4, -0.2) is 36.5 Å². The predicted octanol–water partition coefficient (Wildman–Crippen LogP) is 8.87. The fourth-order valence-corrected chi connectivity index (χ4v) is 5.94. The van der Waals surface area contributed by atoms with Gasteiger partial charge in [-0.15, -0.1) is 0 Å². The Bertz CT molecular complexity index is 1400. The topological polar surface area (TPSA) is 32.8 Å². The maximum Gasteiger partial charge on any atom is 0.416 e. The maximum atomic E-state index is 13.3. The standard InChI is InChI=1S/C34H35F6NO2/c1-21(2)15-30(32(42)31-20-43-31)27-17-25(23-5-9-29(10-6-23)34(38,39)40)16-26(18-27)24-11-13-41(14-12-24)19-22-3-7-28(8-4-22)33(35,36)37/h3-10,16-18,21,24,30-31H,11-15,19-20H2,1-2H3. The Balaban J connectivity index is 1.39. The highest BCUT2D eigenvalue weighted by atomic mass is 19.4. The number of ether oxygens (including phenoxy) is 1. The minimum atomic E-state index is -4.43. The van der Waals surface area contributed by atoms with Crippen LogP contribution in [0.25, 0.3) is 11.1 Å². The van der Waals surface area contributed by atoms with Gasteiger partial charge in [0.2, 0.25) is 0 Å². The lowest BCUT2D eigenvalue weighted by Gasteiger charge is -2.33. The Kier molecular flexibility index (Phi) is 9.05. The summed E-state index contributed by atoms with van der Waals surface area (Å²) in [7, 11) is 0. The Morgan fingerprint density at radius 2 is 1.40 bits per heavy atom. The first-order valence-electron chi connectivity index (χ1n) is 14.6. The van der Waals surface area contributed by atoms with Crippen LogP contribution < -0.4 is 0 Å². The zero-order chi connectivity index (χ0) is 30.9. The van der Waals surface area contributed by atoms with E-state index >= 15 is 0 Å². The number of hydrogen-bond acceptors (Lipinski definition) is 3. The number of alkyl halides is 6. The zero-order valence-electron chi connectivity index (χ0n) is 24.1. The molecule has 2 aliphatic rings. The van der Waals surface area contributed by atoms with Gasteiger partial charge in [0.25, 0.3) is 0 Å². The lowest BCUT2D eigenvalue weighted by atomic mass is 9.80. The first kappa shape index (κ1) is 31.3. The summed E-state index contributed by atoms with van der Waals surface area (Å²) in [6.07, 6.45) is -6.94. The van der Waals surface area contributed by atoms with Crippen LogP contribution >= 0.6 is 0 Å². The molecule has 5 rings (SSSR count). The van der Waals surface area contributed by atoms with Crippen LogP contribution in [-0.2, 0) is 28.4 Å². The monoisotopic (exact) mass is 603 g/mol. The van der Waals surface area contributed by atoms with Gasteiger partial charge in [0.1, 0.15) is 6.10 Å². The molecule has 2 saturated heterocycles. The van der Waals surface area contributed by atoms with Crippen molar-refractivity contribution in [1.82, 2.24) is 4.90 Å². The molecule has 0 N–H and O–H groups in total. The van der Waals surface area contributed by atoms with E-state index in [1.54, 1.807) is 0 Å². The number of hydrogen-bond donors (Lipinski definition) is 0. The van der Waals surface area contributed by atoms with E-state index in [0.29, 0.717) is 25.1 Å². The molecule has 0 spiro atoms. The molecule has 0 amide bonds. The van der Waals surface area contributed by atoms with Crippen LogP contribution in [0.1, 0.15) is 72.8 Å². The van der Waals surface area contributed by atoms with Crippen LogP contribution in [0.3, 0.4) is 0 Å². The predicted molar refractivity (Wildman–Crippen MR) is 153 cm³/mol. The summed E-state index contributed by atoms with van der Waals surface area (Å²) in [6, 6.07) is 16.4. The van der Waals surface area contributed by atoms with E-state index < -0.39 is 29.6 Å². The first-order valence-corrected chi connectivity index (χ1v) is 14.6. The van der Waals surface area contributed by atoms with Crippen molar-refractivity contribution in [3.05, 3.63) is 94.5 Å². The minimum Gasteiger partial charge on any atom is -0.365 e. The third-order valence-electron chi connectivity index (χ3n) is 8.37. The third-order valence-corrected chi connectivity index (χ3v) is 8.37. The highest BCUT2D eigenvalue weighted by Gasteiger charge is 2.38. The summed E-state index contributed by atoms with van der Waals surface area (Å²) in [4.78, 5) is 15.5. The van der Waals surface area contributed by atoms with Crippen molar-refractivity contribution >= 4 is 5.78 Å². The van der Waals surface area contributed by atoms with E-state index in [1.807, 2.05) is 12.1 Å². The van der Waals surface area contributed by atoms with E-state index in [9.17, 15) is 31.1 Å². The molecule has 0 bridgehead atoms. The highest BCUT2D eigenvalue weighted by Crippen LogP contribution is 2.39. The zero-order valence-corrected chi connectivity index (χ0v) is 24.1. The van der Waals surface area contributed by atoms with Gasteiger partial charge >= 0.3 is 12.4 Å². The molecule has 230 valence electrons. The number of nitrogens with zero attached hydrogens (tertiary/aromatic N) is 1. The second-order valence-electron chi connectivity index (χ2n) is 12.1. The first-order chi connectivity index (χ1) is 20.3. The number of carbonyl (C=O) groups excluding carboxylic acids is 1. The Labute approximate surface area is 247 Å². The number of rotatable bonds is 9. The van der Waals surface area contributed by atoms with Crippen LogP contribution in [0, 0.1) is 5.92 Å². The van der Waals surface area contributed by atoms with Crippen molar-refractivity contribution in [2.24, 2.45) is 5.92 Å². The van der Waals surface area contributed by atoms with E-state index in [-0.39, 0.29) is 23.5 Å². The smallest absolute Gasteiger partial charge is 0.365 e. The van der Waals surface area contributed by atoms with Gasteiger partial charge in [-0.3, -0.25) is 9.69 Å². The van der Waals surface area contributed by atoms with Crippen molar-refractivity contribution < 1.29 is 35.9 Å². The highest BCUT2D eigenvalue weighted by molar-refractivity contribution is 5.91. The fourth-order valence-electron chi connectivity index (χ4n) is 5.94. The van der Waals surface area contributed by atoms with Crippen molar-refractivity contribution in [3.8, 4) is 11.1 Å². The number of benzene rings is 3. The maximum absolute atomic E-state index is 13.3. The quantitative estimate of drug-likeness (QED) is 0.181. The van der Waals surface area contributed by atoms with Crippen molar-refractivity contribution in [2.45, 2.75) is 69.9 Å². The van der Waals surface area contributed by atoms with Crippen molar-refractivity contribution in [2.75, 3.05) is 19.7 Å². The van der Waals surface area contributed by atoms with E-state index in [2.05, 4.69) is 24.8 Å².